The summed E-state index contributed by atoms with van der Waals surface area (Å²) in [6.45, 7) is 7.21. The van der Waals surface area contributed by atoms with Crippen molar-refractivity contribution in [2.75, 3.05) is 26.4 Å². The Hall–Kier alpha value is -1.06. The van der Waals surface area contributed by atoms with E-state index >= 15 is 0 Å². The van der Waals surface area contributed by atoms with E-state index in [2.05, 4.69) is 26.0 Å². The maximum Gasteiger partial charge on any atom is 0.119 e. The van der Waals surface area contributed by atoms with E-state index in [1.54, 1.807) is 0 Å². The monoisotopic (exact) mass is 265 g/mol. The highest BCUT2D eigenvalue weighted by atomic mass is 16.5. The van der Waals surface area contributed by atoms with Gasteiger partial charge in [-0.1, -0.05) is 26.0 Å². The third-order valence-electron chi connectivity index (χ3n) is 3.04. The maximum atomic E-state index is 5.62. The van der Waals surface area contributed by atoms with E-state index in [1.165, 1.54) is 5.56 Å². The largest absolute Gasteiger partial charge is 0.491 e. The lowest BCUT2D eigenvalue weighted by Crippen LogP contribution is -2.08. The fourth-order valence-corrected chi connectivity index (χ4v) is 1.79. The number of rotatable bonds is 10. The van der Waals surface area contributed by atoms with E-state index in [0.717, 1.165) is 38.2 Å². The predicted octanol–water partition coefficient (Wildman–Crippen LogP) is 3.33. The van der Waals surface area contributed by atoms with Crippen LogP contribution in [0, 0.1) is 0 Å². The van der Waals surface area contributed by atoms with Gasteiger partial charge in [0.1, 0.15) is 12.4 Å². The van der Waals surface area contributed by atoms with E-state index in [4.69, 9.17) is 15.2 Å². The summed E-state index contributed by atoms with van der Waals surface area (Å²) in [5.74, 6) is 1.47. The summed E-state index contributed by atoms with van der Waals surface area (Å²) >= 11 is 0. The molecule has 0 aliphatic heterocycles. The Morgan fingerprint density at radius 1 is 0.947 bits per heavy atom. The summed E-state index contributed by atoms with van der Waals surface area (Å²) in [5, 5.41) is 0. The van der Waals surface area contributed by atoms with Gasteiger partial charge in [0.05, 0.1) is 6.61 Å². The van der Waals surface area contributed by atoms with Crippen molar-refractivity contribution in [3.05, 3.63) is 29.8 Å². The van der Waals surface area contributed by atoms with Crippen molar-refractivity contribution in [1.82, 2.24) is 0 Å². The first-order chi connectivity index (χ1) is 9.24. The SMILES string of the molecule is CC(C)c1ccc(OCCOCCCCCN)cc1. The molecule has 0 fully saturated rings. The molecule has 2 N–H and O–H groups in total. The quantitative estimate of drug-likeness (QED) is 0.660. The Labute approximate surface area is 117 Å². The van der Waals surface area contributed by atoms with Crippen molar-refractivity contribution in [2.45, 2.75) is 39.0 Å². The second kappa shape index (κ2) is 9.82. The zero-order chi connectivity index (χ0) is 13.9. The normalized spacial score (nSPS) is 10.9. The van der Waals surface area contributed by atoms with Crippen LogP contribution in [0.15, 0.2) is 24.3 Å². The van der Waals surface area contributed by atoms with Crippen molar-refractivity contribution in [3.8, 4) is 5.75 Å². The summed E-state index contributed by atoms with van der Waals surface area (Å²) < 4.78 is 11.1. The average Bonchev–Trinajstić information content (AvgIpc) is 2.42. The van der Waals surface area contributed by atoms with Crippen LogP contribution < -0.4 is 10.5 Å². The zero-order valence-corrected chi connectivity index (χ0v) is 12.2. The summed E-state index contributed by atoms with van der Waals surface area (Å²) in [5.41, 5.74) is 6.76. The molecule has 3 heteroatoms. The Balaban J connectivity index is 2.06. The summed E-state index contributed by atoms with van der Waals surface area (Å²) in [7, 11) is 0. The van der Waals surface area contributed by atoms with Crippen molar-refractivity contribution in [1.29, 1.82) is 0 Å². The van der Waals surface area contributed by atoms with E-state index < -0.39 is 0 Å². The van der Waals surface area contributed by atoms with Gasteiger partial charge in [0, 0.05) is 6.61 Å². The standard InChI is InChI=1S/C16H27NO2/c1-14(2)15-6-8-16(9-7-15)19-13-12-18-11-5-3-4-10-17/h6-9,14H,3-5,10-13,17H2,1-2H3. The lowest BCUT2D eigenvalue weighted by atomic mass is 10.0. The van der Waals surface area contributed by atoms with Gasteiger partial charge < -0.3 is 15.2 Å². The average molecular weight is 265 g/mol. The van der Waals surface area contributed by atoms with E-state index in [0.29, 0.717) is 19.1 Å². The van der Waals surface area contributed by atoms with E-state index in [1.807, 2.05) is 12.1 Å². The number of unbranched alkanes of at least 4 members (excludes halogenated alkanes) is 2. The molecule has 3 nitrogen and oxygen atoms in total. The molecule has 0 aliphatic carbocycles. The molecule has 0 amide bonds. The molecule has 0 saturated carbocycles. The zero-order valence-electron chi connectivity index (χ0n) is 12.2. The second-order valence-corrected chi connectivity index (χ2v) is 5.03. The van der Waals surface area contributed by atoms with Crippen molar-refractivity contribution >= 4 is 0 Å². The van der Waals surface area contributed by atoms with Crippen molar-refractivity contribution < 1.29 is 9.47 Å². The number of ether oxygens (including phenoxy) is 2. The minimum atomic E-state index is 0.561. The highest BCUT2D eigenvalue weighted by Gasteiger charge is 1.99. The minimum Gasteiger partial charge on any atom is -0.491 e. The lowest BCUT2D eigenvalue weighted by molar-refractivity contribution is 0.0972. The van der Waals surface area contributed by atoms with Crippen LogP contribution >= 0.6 is 0 Å². The Morgan fingerprint density at radius 2 is 1.68 bits per heavy atom. The number of benzene rings is 1. The molecule has 1 aromatic carbocycles. The van der Waals surface area contributed by atoms with Crippen LogP contribution in [-0.2, 0) is 4.74 Å². The van der Waals surface area contributed by atoms with Gasteiger partial charge in [-0.15, -0.1) is 0 Å². The Bertz CT molecular complexity index is 322. The third kappa shape index (κ3) is 7.19. The molecule has 1 aromatic rings. The molecule has 0 radical (unpaired) electrons. The number of hydrogen-bond donors (Lipinski definition) is 1. The summed E-state index contributed by atoms with van der Waals surface area (Å²) in [6.07, 6.45) is 3.32. The van der Waals surface area contributed by atoms with Gasteiger partial charge in [-0.05, 0) is 49.4 Å². The maximum absolute atomic E-state index is 5.62. The summed E-state index contributed by atoms with van der Waals surface area (Å²) in [4.78, 5) is 0. The van der Waals surface area contributed by atoms with Crippen LogP contribution in [0.1, 0.15) is 44.6 Å². The molecule has 0 atom stereocenters. The molecule has 108 valence electrons. The van der Waals surface area contributed by atoms with Crippen molar-refractivity contribution in [3.63, 3.8) is 0 Å². The van der Waals surface area contributed by atoms with Crippen LogP contribution in [0.25, 0.3) is 0 Å². The van der Waals surface area contributed by atoms with Gasteiger partial charge in [-0.3, -0.25) is 0 Å². The molecular weight excluding hydrogens is 238 g/mol. The fraction of sp³-hybridized carbons (Fsp3) is 0.625. The van der Waals surface area contributed by atoms with Crippen LogP contribution in [0.5, 0.6) is 5.75 Å². The third-order valence-corrected chi connectivity index (χ3v) is 3.04. The molecular formula is C16H27NO2. The lowest BCUT2D eigenvalue weighted by Gasteiger charge is -2.09. The van der Waals surface area contributed by atoms with Gasteiger partial charge in [0.15, 0.2) is 0 Å². The first-order valence-corrected chi connectivity index (χ1v) is 7.24. The first-order valence-electron chi connectivity index (χ1n) is 7.24. The minimum absolute atomic E-state index is 0.561. The van der Waals surface area contributed by atoms with E-state index in [-0.39, 0.29) is 0 Å². The van der Waals surface area contributed by atoms with Crippen LogP contribution in [0.3, 0.4) is 0 Å². The van der Waals surface area contributed by atoms with Gasteiger partial charge in [0.2, 0.25) is 0 Å². The second-order valence-electron chi connectivity index (χ2n) is 5.03. The topological polar surface area (TPSA) is 44.5 Å². The summed E-state index contributed by atoms with van der Waals surface area (Å²) in [6, 6.07) is 8.29. The van der Waals surface area contributed by atoms with Crippen LogP contribution in [0.2, 0.25) is 0 Å². The molecule has 0 aromatic heterocycles. The fourth-order valence-electron chi connectivity index (χ4n) is 1.79. The van der Waals surface area contributed by atoms with Crippen LogP contribution in [-0.4, -0.2) is 26.4 Å². The molecule has 0 spiro atoms. The molecule has 19 heavy (non-hydrogen) atoms. The van der Waals surface area contributed by atoms with Gasteiger partial charge in [-0.25, -0.2) is 0 Å². The van der Waals surface area contributed by atoms with Crippen LogP contribution in [0.4, 0.5) is 0 Å². The highest BCUT2D eigenvalue weighted by Crippen LogP contribution is 2.18. The Morgan fingerprint density at radius 3 is 2.32 bits per heavy atom. The molecule has 1 rings (SSSR count). The molecule has 0 unspecified atom stereocenters. The van der Waals surface area contributed by atoms with E-state index in [9.17, 15) is 0 Å². The molecule has 0 heterocycles. The van der Waals surface area contributed by atoms with Crippen molar-refractivity contribution in [2.24, 2.45) is 5.73 Å². The number of hydrogen-bond acceptors (Lipinski definition) is 3. The Kier molecular flexibility index (Phi) is 8.26. The van der Waals surface area contributed by atoms with Gasteiger partial charge in [0.25, 0.3) is 0 Å². The highest BCUT2D eigenvalue weighted by molar-refractivity contribution is 5.28. The molecule has 0 bridgehead atoms. The number of nitrogens with two attached hydrogens (primary N) is 1. The molecule has 0 aliphatic rings. The first kappa shape index (κ1) is 16.0. The predicted molar refractivity (Wildman–Crippen MR) is 79.8 cm³/mol. The smallest absolute Gasteiger partial charge is 0.119 e. The molecule has 0 saturated heterocycles. The van der Waals surface area contributed by atoms with Gasteiger partial charge in [-0.2, -0.15) is 0 Å². The van der Waals surface area contributed by atoms with Gasteiger partial charge >= 0.3 is 0 Å².